The summed E-state index contributed by atoms with van der Waals surface area (Å²) in [5, 5.41) is 3.36. The maximum atomic E-state index is 13.4. The van der Waals surface area contributed by atoms with Crippen LogP contribution < -0.4 is 5.32 Å². The highest BCUT2D eigenvalue weighted by Crippen LogP contribution is 2.42. The molecule has 1 nitrogen and oxygen atoms in total. The molecule has 1 aliphatic carbocycles. The van der Waals surface area contributed by atoms with Gasteiger partial charge in [-0.15, -0.1) is 0 Å². The molecule has 1 saturated carbocycles. The molecule has 0 amide bonds. The summed E-state index contributed by atoms with van der Waals surface area (Å²) in [5.41, 5.74) is 0.175. The monoisotopic (exact) mass is 247 g/mol. The van der Waals surface area contributed by atoms with Gasteiger partial charge in [-0.2, -0.15) is 0 Å². The molecule has 0 saturated heterocycles. The summed E-state index contributed by atoms with van der Waals surface area (Å²) in [4.78, 5) is 0. The molecule has 0 aromatic heterocycles. The van der Waals surface area contributed by atoms with Crippen molar-refractivity contribution in [2.45, 2.75) is 65.2 Å². The third-order valence-corrected chi connectivity index (χ3v) is 4.18. The number of rotatable bonds is 6. The molecule has 17 heavy (non-hydrogen) atoms. The Bertz CT molecular complexity index is 230. The summed E-state index contributed by atoms with van der Waals surface area (Å²) < 4.78 is 26.7. The van der Waals surface area contributed by atoms with Gasteiger partial charge in [-0.05, 0) is 43.6 Å². The van der Waals surface area contributed by atoms with Gasteiger partial charge in [-0.1, -0.05) is 20.8 Å². The Morgan fingerprint density at radius 1 is 1.35 bits per heavy atom. The quantitative estimate of drug-likeness (QED) is 0.740. The zero-order chi connectivity index (χ0) is 12.9. The van der Waals surface area contributed by atoms with Gasteiger partial charge in [0, 0.05) is 19.4 Å². The van der Waals surface area contributed by atoms with Crippen LogP contribution in [0.2, 0.25) is 0 Å². The van der Waals surface area contributed by atoms with Crippen LogP contribution in [0.4, 0.5) is 8.78 Å². The fraction of sp³-hybridized carbons (Fsp3) is 1.00. The summed E-state index contributed by atoms with van der Waals surface area (Å²) in [7, 11) is 0. The van der Waals surface area contributed by atoms with E-state index >= 15 is 0 Å². The number of alkyl halides is 2. The second-order valence-electron chi connectivity index (χ2n) is 5.97. The first-order valence-electron chi connectivity index (χ1n) is 6.99. The van der Waals surface area contributed by atoms with Gasteiger partial charge in [0.25, 0.3) is 0 Å². The van der Waals surface area contributed by atoms with Gasteiger partial charge < -0.3 is 5.32 Å². The topological polar surface area (TPSA) is 12.0 Å². The first-order chi connectivity index (χ1) is 7.91. The first kappa shape index (κ1) is 14.9. The van der Waals surface area contributed by atoms with E-state index in [4.69, 9.17) is 0 Å². The van der Waals surface area contributed by atoms with E-state index in [0.29, 0.717) is 6.42 Å². The lowest BCUT2D eigenvalue weighted by atomic mass is 9.73. The van der Waals surface area contributed by atoms with Crippen molar-refractivity contribution in [1.82, 2.24) is 5.32 Å². The van der Waals surface area contributed by atoms with Crippen molar-refractivity contribution in [3.63, 3.8) is 0 Å². The van der Waals surface area contributed by atoms with Crippen LogP contribution in [-0.2, 0) is 0 Å². The molecule has 0 radical (unpaired) electrons. The summed E-state index contributed by atoms with van der Waals surface area (Å²) >= 11 is 0. The molecule has 102 valence electrons. The van der Waals surface area contributed by atoms with Crippen LogP contribution in [0.15, 0.2) is 0 Å². The number of hydrogen-bond donors (Lipinski definition) is 1. The van der Waals surface area contributed by atoms with Crippen molar-refractivity contribution in [3.05, 3.63) is 0 Å². The Kier molecular flexibility index (Phi) is 5.36. The maximum absolute atomic E-state index is 13.4. The number of hydrogen-bond acceptors (Lipinski definition) is 1. The maximum Gasteiger partial charge on any atom is 0.248 e. The molecule has 0 aromatic carbocycles. The third-order valence-electron chi connectivity index (χ3n) is 4.18. The Labute approximate surface area is 104 Å². The Hall–Kier alpha value is -0.180. The Morgan fingerprint density at radius 2 is 2.06 bits per heavy atom. The van der Waals surface area contributed by atoms with E-state index in [0.717, 1.165) is 32.4 Å². The minimum Gasteiger partial charge on any atom is -0.316 e. The molecule has 3 heteroatoms. The molecule has 1 fully saturated rings. The van der Waals surface area contributed by atoms with Crippen molar-refractivity contribution in [2.75, 3.05) is 13.1 Å². The van der Waals surface area contributed by atoms with Crippen LogP contribution in [0.1, 0.15) is 59.3 Å². The normalized spacial score (nSPS) is 27.7. The summed E-state index contributed by atoms with van der Waals surface area (Å²) in [5.74, 6) is -2.20. The summed E-state index contributed by atoms with van der Waals surface area (Å²) in [6.45, 7) is 8.38. The lowest BCUT2D eigenvalue weighted by Gasteiger charge is -2.36. The molecule has 1 aliphatic rings. The number of halogens is 2. The molecule has 1 N–H and O–H groups in total. The molecule has 0 aromatic rings. The standard InChI is InChI=1S/C14H27F2N/c1-4-13(3,11-17-5-2)9-12-7-6-8-14(15,16)10-12/h12,17H,4-11H2,1-3H3. The molecule has 0 bridgehead atoms. The van der Waals surface area contributed by atoms with Gasteiger partial charge in [-0.3, -0.25) is 0 Å². The second kappa shape index (κ2) is 6.12. The zero-order valence-electron chi connectivity index (χ0n) is 11.5. The van der Waals surface area contributed by atoms with E-state index in [9.17, 15) is 8.78 Å². The predicted octanol–water partition coefficient (Wildman–Crippen LogP) is 4.23. The van der Waals surface area contributed by atoms with Crippen LogP contribution in [0.25, 0.3) is 0 Å². The molecule has 0 spiro atoms. The Balaban J connectivity index is 2.49. The van der Waals surface area contributed by atoms with Crippen molar-refractivity contribution in [2.24, 2.45) is 11.3 Å². The largest absolute Gasteiger partial charge is 0.316 e. The van der Waals surface area contributed by atoms with Crippen LogP contribution in [0.3, 0.4) is 0 Å². The van der Waals surface area contributed by atoms with E-state index in [2.05, 4.69) is 26.1 Å². The van der Waals surface area contributed by atoms with Crippen LogP contribution >= 0.6 is 0 Å². The van der Waals surface area contributed by atoms with E-state index in [1.807, 2.05) is 0 Å². The third kappa shape index (κ3) is 4.90. The van der Waals surface area contributed by atoms with Gasteiger partial charge in [0.1, 0.15) is 0 Å². The average molecular weight is 247 g/mol. The lowest BCUT2D eigenvalue weighted by molar-refractivity contribution is -0.0590. The van der Waals surface area contributed by atoms with Crippen molar-refractivity contribution >= 4 is 0 Å². The van der Waals surface area contributed by atoms with Crippen molar-refractivity contribution < 1.29 is 8.78 Å². The predicted molar refractivity (Wildman–Crippen MR) is 68.5 cm³/mol. The van der Waals surface area contributed by atoms with Crippen LogP contribution in [0, 0.1) is 11.3 Å². The SMILES string of the molecule is CCNCC(C)(CC)CC1CCCC(F)(F)C1. The van der Waals surface area contributed by atoms with Crippen molar-refractivity contribution in [3.8, 4) is 0 Å². The molecule has 1 rings (SSSR count). The molecule has 0 aliphatic heterocycles. The average Bonchev–Trinajstić information content (AvgIpc) is 2.25. The summed E-state index contributed by atoms with van der Waals surface area (Å²) in [6, 6.07) is 0. The van der Waals surface area contributed by atoms with Crippen molar-refractivity contribution in [1.29, 1.82) is 0 Å². The second-order valence-corrected chi connectivity index (χ2v) is 5.97. The minimum absolute atomic E-state index is 0.0968. The highest BCUT2D eigenvalue weighted by molar-refractivity contribution is 4.85. The highest BCUT2D eigenvalue weighted by atomic mass is 19.3. The lowest BCUT2D eigenvalue weighted by Crippen LogP contribution is -2.35. The number of nitrogens with one attached hydrogen (secondary N) is 1. The van der Waals surface area contributed by atoms with Gasteiger partial charge >= 0.3 is 0 Å². The van der Waals surface area contributed by atoms with Gasteiger partial charge in [0.2, 0.25) is 5.92 Å². The van der Waals surface area contributed by atoms with Gasteiger partial charge in [0.15, 0.2) is 0 Å². The molecular formula is C14H27F2N. The zero-order valence-corrected chi connectivity index (χ0v) is 11.5. The van der Waals surface area contributed by atoms with E-state index in [1.165, 1.54) is 0 Å². The smallest absolute Gasteiger partial charge is 0.248 e. The first-order valence-corrected chi connectivity index (χ1v) is 6.99. The molecule has 2 atom stereocenters. The summed E-state index contributed by atoms with van der Waals surface area (Å²) in [6.07, 6.45) is 3.87. The van der Waals surface area contributed by atoms with E-state index in [1.54, 1.807) is 0 Å². The van der Waals surface area contributed by atoms with Crippen LogP contribution in [0.5, 0.6) is 0 Å². The fourth-order valence-corrected chi connectivity index (χ4v) is 2.92. The molecular weight excluding hydrogens is 220 g/mol. The van der Waals surface area contributed by atoms with Gasteiger partial charge in [0.05, 0.1) is 0 Å². The van der Waals surface area contributed by atoms with Crippen LogP contribution in [-0.4, -0.2) is 19.0 Å². The highest BCUT2D eigenvalue weighted by Gasteiger charge is 2.38. The van der Waals surface area contributed by atoms with Gasteiger partial charge in [-0.25, -0.2) is 8.78 Å². The fourth-order valence-electron chi connectivity index (χ4n) is 2.92. The van der Waals surface area contributed by atoms with E-state index < -0.39 is 5.92 Å². The molecule has 2 unspecified atom stereocenters. The molecule has 0 heterocycles. The Morgan fingerprint density at radius 3 is 2.59 bits per heavy atom. The minimum atomic E-state index is -2.41. The van der Waals surface area contributed by atoms with E-state index in [-0.39, 0.29) is 24.2 Å².